The second kappa shape index (κ2) is 9.33. The molecule has 0 aromatic carbocycles. The molecule has 0 bridgehead atoms. The summed E-state index contributed by atoms with van der Waals surface area (Å²) in [5.74, 6) is -0.392. The quantitative estimate of drug-likeness (QED) is 0.612. The summed E-state index contributed by atoms with van der Waals surface area (Å²) >= 11 is 0. The predicted octanol–water partition coefficient (Wildman–Crippen LogP) is 1.70. The number of aliphatic hydroxyl groups excluding tert-OH is 1. The first-order valence-electron chi connectivity index (χ1n) is 5.92. The SMILES string of the molecule is CCCC(=O)CC(CO)COC(=O)CCC. The topological polar surface area (TPSA) is 63.6 Å². The van der Waals surface area contributed by atoms with Gasteiger partial charge in [-0.05, 0) is 12.8 Å². The maximum Gasteiger partial charge on any atom is 0.305 e. The molecule has 94 valence electrons. The Labute approximate surface area is 97.0 Å². The molecule has 4 nitrogen and oxygen atoms in total. The molecule has 0 radical (unpaired) electrons. The lowest BCUT2D eigenvalue weighted by molar-refractivity contribution is -0.146. The van der Waals surface area contributed by atoms with Crippen LogP contribution in [0, 0.1) is 5.92 Å². The van der Waals surface area contributed by atoms with Crippen LogP contribution in [0.1, 0.15) is 46.0 Å². The van der Waals surface area contributed by atoms with E-state index in [1.807, 2.05) is 13.8 Å². The van der Waals surface area contributed by atoms with Crippen molar-refractivity contribution in [3.8, 4) is 0 Å². The highest BCUT2D eigenvalue weighted by Crippen LogP contribution is 2.07. The second-order valence-corrected chi connectivity index (χ2v) is 3.97. The van der Waals surface area contributed by atoms with E-state index in [4.69, 9.17) is 9.84 Å². The van der Waals surface area contributed by atoms with E-state index in [2.05, 4.69) is 0 Å². The summed E-state index contributed by atoms with van der Waals surface area (Å²) in [6.45, 7) is 3.86. The van der Waals surface area contributed by atoms with Crippen LogP contribution in [-0.2, 0) is 14.3 Å². The third-order valence-electron chi connectivity index (χ3n) is 2.24. The molecule has 1 atom stereocenters. The maximum atomic E-state index is 11.3. The zero-order valence-electron chi connectivity index (χ0n) is 10.2. The van der Waals surface area contributed by atoms with Crippen molar-refractivity contribution in [2.75, 3.05) is 13.2 Å². The average Bonchev–Trinajstić information content (AvgIpc) is 2.25. The Bertz CT molecular complexity index is 213. The highest BCUT2D eigenvalue weighted by atomic mass is 16.5. The summed E-state index contributed by atoms with van der Waals surface area (Å²) in [5.41, 5.74) is 0. The van der Waals surface area contributed by atoms with E-state index in [-0.39, 0.29) is 30.9 Å². The van der Waals surface area contributed by atoms with Gasteiger partial charge in [-0.3, -0.25) is 9.59 Å². The minimum atomic E-state index is -0.260. The molecule has 0 aliphatic carbocycles. The Balaban J connectivity index is 3.82. The van der Waals surface area contributed by atoms with Crippen molar-refractivity contribution in [1.29, 1.82) is 0 Å². The molecule has 0 aliphatic heterocycles. The molecule has 0 aliphatic rings. The molecule has 4 heteroatoms. The third-order valence-corrected chi connectivity index (χ3v) is 2.24. The van der Waals surface area contributed by atoms with Crippen LogP contribution in [0.5, 0.6) is 0 Å². The van der Waals surface area contributed by atoms with Gasteiger partial charge < -0.3 is 9.84 Å². The molecule has 0 aromatic rings. The molecule has 1 unspecified atom stereocenters. The Morgan fingerprint density at radius 1 is 1.19 bits per heavy atom. The highest BCUT2D eigenvalue weighted by molar-refractivity contribution is 5.78. The van der Waals surface area contributed by atoms with Crippen LogP contribution in [0.15, 0.2) is 0 Å². The van der Waals surface area contributed by atoms with E-state index in [1.54, 1.807) is 0 Å². The summed E-state index contributed by atoms with van der Waals surface area (Å²) in [4.78, 5) is 22.4. The molecule has 0 amide bonds. The Morgan fingerprint density at radius 3 is 2.31 bits per heavy atom. The lowest BCUT2D eigenvalue weighted by atomic mass is 10.0. The first-order chi connectivity index (χ1) is 7.63. The van der Waals surface area contributed by atoms with Crippen molar-refractivity contribution in [1.82, 2.24) is 0 Å². The first-order valence-corrected chi connectivity index (χ1v) is 5.92. The number of hydrogen-bond acceptors (Lipinski definition) is 4. The largest absolute Gasteiger partial charge is 0.465 e. The Morgan fingerprint density at radius 2 is 1.81 bits per heavy atom. The van der Waals surface area contributed by atoms with Gasteiger partial charge in [0.2, 0.25) is 0 Å². The minimum absolute atomic E-state index is 0.116. The number of ether oxygens (including phenoxy) is 1. The minimum Gasteiger partial charge on any atom is -0.465 e. The maximum absolute atomic E-state index is 11.3. The molecule has 0 spiro atoms. The van der Waals surface area contributed by atoms with E-state index in [1.165, 1.54) is 0 Å². The lowest BCUT2D eigenvalue weighted by Crippen LogP contribution is -2.20. The smallest absolute Gasteiger partial charge is 0.305 e. The number of aliphatic hydroxyl groups is 1. The van der Waals surface area contributed by atoms with Crippen LogP contribution in [-0.4, -0.2) is 30.1 Å². The number of carbonyl (C=O) groups is 2. The number of Topliss-reactive ketones (excluding diaryl/α,β-unsaturated/α-hetero) is 1. The van der Waals surface area contributed by atoms with Crippen LogP contribution in [0.25, 0.3) is 0 Å². The summed E-state index contributed by atoms with van der Waals surface area (Å²) < 4.78 is 4.96. The Hall–Kier alpha value is -0.900. The van der Waals surface area contributed by atoms with Gasteiger partial charge in [-0.1, -0.05) is 13.8 Å². The van der Waals surface area contributed by atoms with Gasteiger partial charge in [-0.15, -0.1) is 0 Å². The average molecular weight is 230 g/mol. The fraction of sp³-hybridized carbons (Fsp3) is 0.833. The van der Waals surface area contributed by atoms with Crippen LogP contribution in [0.3, 0.4) is 0 Å². The number of rotatable bonds is 9. The fourth-order valence-electron chi connectivity index (χ4n) is 1.37. The van der Waals surface area contributed by atoms with E-state index >= 15 is 0 Å². The van der Waals surface area contributed by atoms with Gasteiger partial charge in [-0.2, -0.15) is 0 Å². The Kier molecular flexibility index (Phi) is 8.81. The summed E-state index contributed by atoms with van der Waals surface area (Å²) in [5, 5.41) is 9.04. The number of carbonyl (C=O) groups excluding carboxylic acids is 2. The van der Waals surface area contributed by atoms with Crippen LogP contribution in [0.2, 0.25) is 0 Å². The number of esters is 1. The summed E-state index contributed by atoms with van der Waals surface area (Å²) in [7, 11) is 0. The van der Waals surface area contributed by atoms with Crippen LogP contribution in [0.4, 0.5) is 0 Å². The monoisotopic (exact) mass is 230 g/mol. The van der Waals surface area contributed by atoms with Crippen molar-refractivity contribution in [2.24, 2.45) is 5.92 Å². The molecule has 1 N–H and O–H groups in total. The van der Waals surface area contributed by atoms with Crippen molar-refractivity contribution in [2.45, 2.75) is 46.0 Å². The number of hydrogen-bond donors (Lipinski definition) is 1. The molecule has 0 fully saturated rings. The van der Waals surface area contributed by atoms with Crippen molar-refractivity contribution in [3.63, 3.8) is 0 Å². The van der Waals surface area contributed by atoms with Crippen molar-refractivity contribution in [3.05, 3.63) is 0 Å². The zero-order chi connectivity index (χ0) is 12.4. The van der Waals surface area contributed by atoms with Crippen molar-refractivity contribution < 1.29 is 19.4 Å². The summed E-state index contributed by atoms with van der Waals surface area (Å²) in [6, 6.07) is 0. The fourth-order valence-corrected chi connectivity index (χ4v) is 1.37. The highest BCUT2D eigenvalue weighted by Gasteiger charge is 2.14. The van der Waals surface area contributed by atoms with Gasteiger partial charge in [0.25, 0.3) is 0 Å². The van der Waals surface area contributed by atoms with Gasteiger partial charge >= 0.3 is 5.97 Å². The van der Waals surface area contributed by atoms with Gasteiger partial charge in [0, 0.05) is 31.8 Å². The van der Waals surface area contributed by atoms with Gasteiger partial charge in [0.05, 0.1) is 6.61 Å². The molecular formula is C12H22O4. The van der Waals surface area contributed by atoms with E-state index in [0.717, 1.165) is 12.8 Å². The molecule has 16 heavy (non-hydrogen) atoms. The molecule has 0 aromatic heterocycles. The predicted molar refractivity (Wildman–Crippen MR) is 61.0 cm³/mol. The van der Waals surface area contributed by atoms with Gasteiger partial charge in [0.15, 0.2) is 0 Å². The third kappa shape index (κ3) is 7.40. The zero-order valence-corrected chi connectivity index (χ0v) is 10.2. The summed E-state index contributed by atoms with van der Waals surface area (Å²) in [6.07, 6.45) is 2.77. The molecule has 0 saturated heterocycles. The van der Waals surface area contributed by atoms with Gasteiger partial charge in [0.1, 0.15) is 5.78 Å². The molecular weight excluding hydrogens is 208 g/mol. The second-order valence-electron chi connectivity index (χ2n) is 3.97. The van der Waals surface area contributed by atoms with E-state index in [9.17, 15) is 9.59 Å². The lowest BCUT2D eigenvalue weighted by Gasteiger charge is -2.13. The first kappa shape index (κ1) is 15.1. The van der Waals surface area contributed by atoms with Crippen LogP contribution >= 0.6 is 0 Å². The molecule has 0 heterocycles. The molecule has 0 rings (SSSR count). The molecule has 0 saturated carbocycles. The van der Waals surface area contributed by atoms with E-state index in [0.29, 0.717) is 19.3 Å². The number of ketones is 1. The van der Waals surface area contributed by atoms with Gasteiger partial charge in [-0.25, -0.2) is 0 Å². The standard InChI is InChI=1S/C12H22O4/c1-3-5-11(14)7-10(8-13)9-16-12(15)6-4-2/h10,13H,3-9H2,1-2H3. The normalized spacial score (nSPS) is 12.2. The van der Waals surface area contributed by atoms with E-state index < -0.39 is 0 Å². The van der Waals surface area contributed by atoms with Crippen molar-refractivity contribution >= 4 is 11.8 Å². The van der Waals surface area contributed by atoms with Crippen LogP contribution < -0.4 is 0 Å².